The van der Waals surface area contributed by atoms with Crippen molar-refractivity contribution >= 4 is 11.6 Å². The predicted molar refractivity (Wildman–Crippen MR) is 50.7 cm³/mol. The lowest BCUT2D eigenvalue weighted by atomic mass is 9.82. The van der Waals surface area contributed by atoms with Gasteiger partial charge in [-0.3, -0.25) is 9.59 Å². The third-order valence-electron chi connectivity index (χ3n) is 3.64. The van der Waals surface area contributed by atoms with Crippen LogP contribution < -0.4 is 0 Å². The summed E-state index contributed by atoms with van der Waals surface area (Å²) in [6.07, 6.45) is 2.91. The normalized spacial score (nSPS) is 43.6. The van der Waals surface area contributed by atoms with Gasteiger partial charge in [0.05, 0.1) is 11.5 Å². The van der Waals surface area contributed by atoms with Crippen LogP contribution in [0.25, 0.3) is 0 Å². The summed E-state index contributed by atoms with van der Waals surface area (Å²) in [5, 5.41) is 10.0. The molecular formula is C11H16O3. The number of carbonyl (C=O) groups excluding carboxylic acids is 2. The largest absolute Gasteiger partial charge is 0.389 e. The molecule has 3 heteroatoms. The quantitative estimate of drug-likeness (QED) is 0.631. The molecule has 78 valence electrons. The minimum absolute atomic E-state index is 0.0864. The van der Waals surface area contributed by atoms with Gasteiger partial charge in [0.25, 0.3) is 0 Å². The van der Waals surface area contributed by atoms with Crippen LogP contribution in [-0.2, 0) is 9.59 Å². The Kier molecular flexibility index (Phi) is 2.22. The van der Waals surface area contributed by atoms with E-state index in [1.54, 1.807) is 6.92 Å². The van der Waals surface area contributed by atoms with Crippen molar-refractivity contribution in [1.82, 2.24) is 0 Å². The summed E-state index contributed by atoms with van der Waals surface area (Å²) < 4.78 is 0. The molecule has 0 aliphatic heterocycles. The number of rotatable bonds is 0. The molecule has 0 aromatic heterocycles. The molecule has 2 fully saturated rings. The molecule has 2 saturated carbocycles. The Hall–Kier alpha value is -0.700. The summed E-state index contributed by atoms with van der Waals surface area (Å²) >= 11 is 0. The maximum atomic E-state index is 11.7. The minimum atomic E-state index is -0.943. The van der Waals surface area contributed by atoms with Crippen molar-refractivity contribution < 1.29 is 14.7 Å². The first-order valence-corrected chi connectivity index (χ1v) is 5.30. The van der Waals surface area contributed by atoms with Gasteiger partial charge in [0, 0.05) is 18.8 Å². The van der Waals surface area contributed by atoms with Crippen molar-refractivity contribution in [3.8, 4) is 0 Å². The van der Waals surface area contributed by atoms with Crippen molar-refractivity contribution in [3.63, 3.8) is 0 Å². The highest BCUT2D eigenvalue weighted by molar-refractivity contribution is 5.93. The molecule has 3 nitrogen and oxygen atoms in total. The third kappa shape index (κ3) is 1.40. The summed E-state index contributed by atoms with van der Waals surface area (Å²) in [6.45, 7) is 1.69. The van der Waals surface area contributed by atoms with Crippen molar-refractivity contribution in [2.75, 3.05) is 0 Å². The fraction of sp³-hybridized carbons (Fsp3) is 0.818. The lowest BCUT2D eigenvalue weighted by molar-refractivity contribution is -0.135. The molecule has 1 N–H and O–H groups in total. The Morgan fingerprint density at radius 3 is 2.64 bits per heavy atom. The van der Waals surface area contributed by atoms with Crippen molar-refractivity contribution in [2.24, 2.45) is 11.8 Å². The lowest BCUT2D eigenvalue weighted by Crippen LogP contribution is -2.38. The van der Waals surface area contributed by atoms with E-state index in [0.717, 1.165) is 0 Å². The minimum Gasteiger partial charge on any atom is -0.389 e. The molecule has 3 unspecified atom stereocenters. The average Bonchev–Trinajstić information content (AvgIpc) is 2.32. The number of fused-ring (bicyclic) bond motifs is 1. The number of hydrogen-bond donors (Lipinski definition) is 1. The predicted octanol–water partition coefficient (Wildman–Crippen LogP) is 1.09. The van der Waals surface area contributed by atoms with Crippen LogP contribution in [0.3, 0.4) is 0 Å². The van der Waals surface area contributed by atoms with Crippen LogP contribution in [0.15, 0.2) is 0 Å². The van der Waals surface area contributed by atoms with E-state index in [1.807, 2.05) is 0 Å². The number of aliphatic hydroxyl groups is 1. The fourth-order valence-corrected chi connectivity index (χ4v) is 2.90. The Morgan fingerprint density at radius 2 is 1.93 bits per heavy atom. The molecule has 0 aromatic carbocycles. The van der Waals surface area contributed by atoms with Crippen molar-refractivity contribution in [3.05, 3.63) is 0 Å². The molecule has 0 aromatic rings. The van der Waals surface area contributed by atoms with Gasteiger partial charge in [0.15, 0.2) is 0 Å². The second-order valence-electron chi connectivity index (χ2n) is 4.77. The van der Waals surface area contributed by atoms with Gasteiger partial charge >= 0.3 is 0 Å². The molecule has 0 heterocycles. The van der Waals surface area contributed by atoms with E-state index in [2.05, 4.69) is 0 Å². The standard InChI is InChI=1S/C11H16O3/c1-11(14)6-5-7-8(12)3-2-4-9(13)10(7)11/h7,10,14H,2-6H2,1H3. The van der Waals surface area contributed by atoms with Gasteiger partial charge in [-0.05, 0) is 26.2 Å². The number of carbonyl (C=O) groups is 2. The van der Waals surface area contributed by atoms with Gasteiger partial charge in [-0.25, -0.2) is 0 Å². The summed E-state index contributed by atoms with van der Waals surface area (Å²) in [7, 11) is 0. The van der Waals surface area contributed by atoms with Crippen LogP contribution in [0.4, 0.5) is 0 Å². The van der Waals surface area contributed by atoms with Crippen LogP contribution in [0.1, 0.15) is 39.0 Å². The monoisotopic (exact) mass is 196 g/mol. The van der Waals surface area contributed by atoms with Crippen LogP contribution in [0.5, 0.6) is 0 Å². The van der Waals surface area contributed by atoms with E-state index >= 15 is 0 Å². The SMILES string of the molecule is CC1(O)CCC2C(=O)CCCC(=O)C21. The molecule has 0 spiro atoms. The zero-order valence-corrected chi connectivity index (χ0v) is 8.45. The molecule has 0 bridgehead atoms. The topological polar surface area (TPSA) is 54.4 Å². The zero-order chi connectivity index (χ0) is 10.3. The Labute approximate surface area is 83.5 Å². The van der Waals surface area contributed by atoms with E-state index in [4.69, 9.17) is 0 Å². The molecule has 2 aliphatic rings. The zero-order valence-electron chi connectivity index (χ0n) is 8.45. The molecule has 0 radical (unpaired) electrons. The van der Waals surface area contributed by atoms with E-state index in [0.29, 0.717) is 32.1 Å². The highest BCUT2D eigenvalue weighted by atomic mass is 16.3. The van der Waals surface area contributed by atoms with Gasteiger partial charge in [0.2, 0.25) is 0 Å². The Bertz CT molecular complexity index is 280. The maximum Gasteiger partial charge on any atom is 0.139 e. The van der Waals surface area contributed by atoms with E-state index < -0.39 is 11.5 Å². The summed E-state index contributed by atoms with van der Waals surface area (Å²) in [5.41, 5.74) is -0.943. The van der Waals surface area contributed by atoms with Gasteiger partial charge in [-0.15, -0.1) is 0 Å². The van der Waals surface area contributed by atoms with Crippen molar-refractivity contribution in [2.45, 2.75) is 44.6 Å². The smallest absolute Gasteiger partial charge is 0.139 e. The number of ketones is 2. The second kappa shape index (κ2) is 3.16. The average molecular weight is 196 g/mol. The molecule has 0 amide bonds. The van der Waals surface area contributed by atoms with Crippen LogP contribution in [-0.4, -0.2) is 22.3 Å². The van der Waals surface area contributed by atoms with Gasteiger partial charge in [-0.1, -0.05) is 0 Å². The molecule has 2 rings (SSSR count). The second-order valence-corrected chi connectivity index (χ2v) is 4.77. The summed E-state index contributed by atoms with van der Waals surface area (Å²) in [5.74, 6) is -0.348. The van der Waals surface area contributed by atoms with Gasteiger partial charge in [0.1, 0.15) is 11.6 Å². The Morgan fingerprint density at radius 1 is 1.29 bits per heavy atom. The molecule has 2 aliphatic carbocycles. The summed E-state index contributed by atoms with van der Waals surface area (Å²) in [6, 6.07) is 0. The van der Waals surface area contributed by atoms with Crippen LogP contribution >= 0.6 is 0 Å². The first kappa shape index (κ1) is 9.84. The van der Waals surface area contributed by atoms with Crippen LogP contribution in [0, 0.1) is 11.8 Å². The number of hydrogen-bond acceptors (Lipinski definition) is 3. The molecule has 0 saturated heterocycles. The first-order valence-electron chi connectivity index (χ1n) is 5.30. The Balaban J connectivity index is 2.32. The van der Waals surface area contributed by atoms with Gasteiger partial charge in [-0.2, -0.15) is 0 Å². The third-order valence-corrected chi connectivity index (χ3v) is 3.64. The maximum absolute atomic E-state index is 11.7. The fourth-order valence-electron chi connectivity index (χ4n) is 2.90. The number of Topliss-reactive ketones (excluding diaryl/α,β-unsaturated/α-hetero) is 2. The van der Waals surface area contributed by atoms with Crippen molar-refractivity contribution in [1.29, 1.82) is 0 Å². The lowest BCUT2D eigenvalue weighted by Gasteiger charge is -2.25. The molecule has 3 atom stereocenters. The molecule has 14 heavy (non-hydrogen) atoms. The van der Waals surface area contributed by atoms with E-state index in [9.17, 15) is 14.7 Å². The highest BCUT2D eigenvalue weighted by Gasteiger charge is 2.50. The van der Waals surface area contributed by atoms with Gasteiger partial charge < -0.3 is 5.11 Å². The van der Waals surface area contributed by atoms with Crippen LogP contribution in [0.2, 0.25) is 0 Å². The van der Waals surface area contributed by atoms with E-state index in [1.165, 1.54) is 0 Å². The molecular weight excluding hydrogens is 180 g/mol. The summed E-state index contributed by atoms with van der Waals surface area (Å²) in [4.78, 5) is 23.4. The highest BCUT2D eigenvalue weighted by Crippen LogP contribution is 2.43. The first-order chi connectivity index (χ1) is 6.52. The van der Waals surface area contributed by atoms with E-state index in [-0.39, 0.29) is 17.5 Å².